The number of amides is 2. The Bertz CT molecular complexity index is 830. The lowest BCUT2D eigenvalue weighted by Gasteiger charge is -2.18. The normalized spacial score (nSPS) is 11.1. The van der Waals surface area contributed by atoms with Crippen LogP contribution in [-0.2, 0) is 4.79 Å². The molecule has 2 aromatic rings. The van der Waals surface area contributed by atoms with Crippen molar-refractivity contribution in [2.75, 3.05) is 10.6 Å². The summed E-state index contributed by atoms with van der Waals surface area (Å²) in [6.07, 6.45) is 0. The van der Waals surface area contributed by atoms with Crippen molar-refractivity contribution in [2.24, 2.45) is 5.41 Å². The van der Waals surface area contributed by atoms with E-state index in [0.717, 1.165) is 6.07 Å². The summed E-state index contributed by atoms with van der Waals surface area (Å²) >= 11 is 0. The number of anilines is 2. The second kappa shape index (κ2) is 6.96. The Labute approximate surface area is 143 Å². The van der Waals surface area contributed by atoms with Crippen LogP contribution in [0.5, 0.6) is 0 Å². The number of benzene rings is 2. The molecule has 0 heterocycles. The molecular formula is C18H17F3N2O2. The van der Waals surface area contributed by atoms with Crippen molar-refractivity contribution in [1.82, 2.24) is 0 Å². The molecule has 2 rings (SSSR count). The summed E-state index contributed by atoms with van der Waals surface area (Å²) in [7, 11) is 0. The third-order valence-corrected chi connectivity index (χ3v) is 3.35. The van der Waals surface area contributed by atoms with Crippen molar-refractivity contribution in [3.8, 4) is 0 Å². The number of hydrogen-bond acceptors (Lipinski definition) is 2. The fourth-order valence-electron chi connectivity index (χ4n) is 1.87. The molecule has 2 aromatic carbocycles. The van der Waals surface area contributed by atoms with Crippen LogP contribution in [0.4, 0.5) is 24.5 Å². The molecular weight excluding hydrogens is 333 g/mol. The van der Waals surface area contributed by atoms with Crippen molar-refractivity contribution in [3.05, 3.63) is 59.4 Å². The minimum Gasteiger partial charge on any atom is -0.326 e. The van der Waals surface area contributed by atoms with Gasteiger partial charge >= 0.3 is 0 Å². The highest BCUT2D eigenvalue weighted by atomic mass is 19.2. The van der Waals surface area contributed by atoms with Gasteiger partial charge in [-0.1, -0.05) is 26.8 Å². The minimum atomic E-state index is -1.66. The molecule has 2 N–H and O–H groups in total. The molecule has 0 aromatic heterocycles. The fourth-order valence-corrected chi connectivity index (χ4v) is 1.87. The average molecular weight is 350 g/mol. The van der Waals surface area contributed by atoms with Crippen molar-refractivity contribution >= 4 is 23.2 Å². The third-order valence-electron chi connectivity index (χ3n) is 3.35. The van der Waals surface area contributed by atoms with Gasteiger partial charge in [-0.2, -0.15) is 0 Å². The first kappa shape index (κ1) is 18.5. The molecule has 25 heavy (non-hydrogen) atoms. The van der Waals surface area contributed by atoms with Gasteiger partial charge in [-0.15, -0.1) is 0 Å². The van der Waals surface area contributed by atoms with E-state index in [-0.39, 0.29) is 11.5 Å². The Kier molecular flexibility index (Phi) is 5.15. The second-order valence-corrected chi connectivity index (χ2v) is 6.46. The highest BCUT2D eigenvalue weighted by Gasteiger charge is 2.21. The van der Waals surface area contributed by atoms with E-state index < -0.39 is 34.5 Å². The number of carbonyl (C=O) groups is 2. The van der Waals surface area contributed by atoms with Crippen LogP contribution in [-0.4, -0.2) is 11.8 Å². The first-order chi connectivity index (χ1) is 11.6. The average Bonchev–Trinajstić information content (AvgIpc) is 2.54. The van der Waals surface area contributed by atoms with E-state index in [0.29, 0.717) is 11.8 Å². The van der Waals surface area contributed by atoms with Gasteiger partial charge in [0.2, 0.25) is 5.91 Å². The van der Waals surface area contributed by atoms with E-state index in [1.807, 2.05) is 0 Å². The lowest BCUT2D eigenvalue weighted by atomic mass is 9.95. The van der Waals surface area contributed by atoms with Crippen LogP contribution in [0.15, 0.2) is 36.4 Å². The van der Waals surface area contributed by atoms with Crippen LogP contribution in [0.1, 0.15) is 31.1 Å². The number of nitrogens with one attached hydrogen (secondary N) is 2. The molecule has 132 valence electrons. The predicted molar refractivity (Wildman–Crippen MR) is 88.8 cm³/mol. The van der Waals surface area contributed by atoms with Gasteiger partial charge in [-0.3, -0.25) is 9.59 Å². The lowest BCUT2D eigenvalue weighted by Crippen LogP contribution is -2.27. The van der Waals surface area contributed by atoms with Gasteiger partial charge in [-0.25, -0.2) is 13.2 Å². The molecule has 2 amide bonds. The summed E-state index contributed by atoms with van der Waals surface area (Å²) in [5, 5.41) is 4.84. The van der Waals surface area contributed by atoms with Crippen LogP contribution in [0.2, 0.25) is 0 Å². The first-order valence-corrected chi connectivity index (χ1v) is 7.46. The lowest BCUT2D eigenvalue weighted by molar-refractivity contribution is -0.123. The summed E-state index contributed by atoms with van der Waals surface area (Å²) in [5.74, 6) is -5.45. The number of rotatable bonds is 3. The van der Waals surface area contributed by atoms with E-state index in [4.69, 9.17) is 0 Å². The molecule has 4 nitrogen and oxygen atoms in total. The molecule has 0 aliphatic carbocycles. The molecule has 0 spiro atoms. The van der Waals surface area contributed by atoms with E-state index in [1.165, 1.54) is 18.2 Å². The van der Waals surface area contributed by atoms with Crippen LogP contribution < -0.4 is 10.6 Å². The molecule has 0 aliphatic heterocycles. The Morgan fingerprint density at radius 3 is 2.24 bits per heavy atom. The van der Waals surface area contributed by atoms with Crippen LogP contribution in [0.3, 0.4) is 0 Å². The van der Waals surface area contributed by atoms with Crippen molar-refractivity contribution in [1.29, 1.82) is 0 Å². The Morgan fingerprint density at radius 1 is 0.920 bits per heavy atom. The van der Waals surface area contributed by atoms with Crippen LogP contribution in [0.25, 0.3) is 0 Å². The SMILES string of the molecule is CC(C)(C)C(=O)Nc1cccc(C(=O)Nc2ccc(F)c(F)c2F)c1. The van der Waals surface area contributed by atoms with Gasteiger partial charge in [0.15, 0.2) is 17.5 Å². The topological polar surface area (TPSA) is 58.2 Å². The monoisotopic (exact) mass is 350 g/mol. The van der Waals surface area contributed by atoms with E-state index in [1.54, 1.807) is 26.8 Å². The maximum absolute atomic E-state index is 13.6. The third kappa shape index (κ3) is 4.37. The molecule has 0 saturated carbocycles. The molecule has 0 bridgehead atoms. The Morgan fingerprint density at radius 2 is 1.60 bits per heavy atom. The standard InChI is InChI=1S/C18H17F3N2O2/c1-18(2,3)17(25)22-11-6-4-5-10(9-11)16(24)23-13-8-7-12(19)14(20)15(13)21/h4-9H,1-3H3,(H,22,25)(H,23,24). The summed E-state index contributed by atoms with van der Waals surface area (Å²) in [5.41, 5.74) is -0.588. The van der Waals surface area contributed by atoms with Gasteiger partial charge in [0.05, 0.1) is 5.69 Å². The summed E-state index contributed by atoms with van der Waals surface area (Å²) < 4.78 is 39.8. The zero-order valence-electron chi connectivity index (χ0n) is 13.9. The van der Waals surface area contributed by atoms with Gasteiger partial charge in [-0.05, 0) is 30.3 Å². The van der Waals surface area contributed by atoms with Crippen molar-refractivity contribution < 1.29 is 22.8 Å². The van der Waals surface area contributed by atoms with E-state index in [2.05, 4.69) is 10.6 Å². The Balaban J connectivity index is 2.19. The van der Waals surface area contributed by atoms with Crippen molar-refractivity contribution in [2.45, 2.75) is 20.8 Å². The smallest absolute Gasteiger partial charge is 0.255 e. The maximum atomic E-state index is 13.6. The van der Waals surface area contributed by atoms with Gasteiger partial charge in [0.1, 0.15) is 0 Å². The quantitative estimate of drug-likeness (QED) is 0.809. The zero-order valence-corrected chi connectivity index (χ0v) is 13.9. The molecule has 0 fully saturated rings. The van der Waals surface area contributed by atoms with Crippen molar-refractivity contribution in [3.63, 3.8) is 0 Å². The molecule has 0 unspecified atom stereocenters. The second-order valence-electron chi connectivity index (χ2n) is 6.46. The highest BCUT2D eigenvalue weighted by molar-refractivity contribution is 6.05. The van der Waals surface area contributed by atoms with Gasteiger partial charge in [0.25, 0.3) is 5.91 Å². The van der Waals surface area contributed by atoms with Gasteiger partial charge in [0, 0.05) is 16.7 Å². The number of halogens is 3. The van der Waals surface area contributed by atoms with Gasteiger partial charge < -0.3 is 10.6 Å². The molecule has 0 radical (unpaired) electrons. The zero-order chi connectivity index (χ0) is 18.8. The van der Waals surface area contributed by atoms with E-state index >= 15 is 0 Å². The highest BCUT2D eigenvalue weighted by Crippen LogP contribution is 2.22. The number of hydrogen-bond donors (Lipinski definition) is 2. The van der Waals surface area contributed by atoms with Crippen LogP contribution in [0, 0.1) is 22.9 Å². The summed E-state index contributed by atoms with van der Waals surface area (Å²) in [6.45, 7) is 5.22. The number of carbonyl (C=O) groups excluding carboxylic acids is 2. The fraction of sp³-hybridized carbons (Fsp3) is 0.222. The molecule has 0 saturated heterocycles. The molecule has 7 heteroatoms. The van der Waals surface area contributed by atoms with E-state index in [9.17, 15) is 22.8 Å². The largest absolute Gasteiger partial charge is 0.326 e. The van der Waals surface area contributed by atoms with Crippen LogP contribution >= 0.6 is 0 Å². The minimum absolute atomic E-state index is 0.121. The molecule has 0 aliphatic rings. The molecule has 0 atom stereocenters. The summed E-state index contributed by atoms with van der Waals surface area (Å²) in [4.78, 5) is 24.2. The Hall–Kier alpha value is -2.83. The first-order valence-electron chi connectivity index (χ1n) is 7.46. The maximum Gasteiger partial charge on any atom is 0.255 e. The predicted octanol–water partition coefficient (Wildman–Crippen LogP) is 4.34. The summed E-state index contributed by atoms with van der Waals surface area (Å²) in [6, 6.07) is 7.62.